The van der Waals surface area contributed by atoms with Crippen LogP contribution in [0.4, 0.5) is 4.79 Å². The van der Waals surface area contributed by atoms with Gasteiger partial charge in [0.15, 0.2) is 0 Å². The number of amides is 2. The highest BCUT2D eigenvalue weighted by molar-refractivity contribution is 5.98. The molecule has 6 nitrogen and oxygen atoms in total. The fourth-order valence-electron chi connectivity index (χ4n) is 2.80. The van der Waals surface area contributed by atoms with Crippen LogP contribution in [0.5, 0.6) is 0 Å². The van der Waals surface area contributed by atoms with Crippen LogP contribution in [0.25, 0.3) is 0 Å². The van der Waals surface area contributed by atoms with Gasteiger partial charge in [-0.1, -0.05) is 30.3 Å². The molecule has 1 aromatic rings. The highest BCUT2D eigenvalue weighted by Crippen LogP contribution is 2.33. The fraction of sp³-hybridized carbons (Fsp3) is 0.500. The minimum atomic E-state index is -0.976. The van der Waals surface area contributed by atoms with Crippen molar-refractivity contribution in [1.29, 1.82) is 0 Å². The predicted molar refractivity (Wildman–Crippen MR) is 87.3 cm³/mol. The van der Waals surface area contributed by atoms with Gasteiger partial charge < -0.3 is 9.47 Å². The van der Waals surface area contributed by atoms with Crippen LogP contribution in [0.15, 0.2) is 30.3 Å². The summed E-state index contributed by atoms with van der Waals surface area (Å²) in [5.74, 6) is -1.18. The van der Waals surface area contributed by atoms with Gasteiger partial charge in [0.25, 0.3) is 0 Å². The minimum absolute atomic E-state index is 0.138. The summed E-state index contributed by atoms with van der Waals surface area (Å²) >= 11 is 0. The number of rotatable bonds is 2. The molecule has 2 atom stereocenters. The van der Waals surface area contributed by atoms with Gasteiger partial charge in [0.1, 0.15) is 11.6 Å². The molecule has 1 fully saturated rings. The van der Waals surface area contributed by atoms with E-state index in [0.717, 1.165) is 10.5 Å². The van der Waals surface area contributed by atoms with Gasteiger partial charge in [-0.3, -0.25) is 4.79 Å². The summed E-state index contributed by atoms with van der Waals surface area (Å²) in [5.41, 5.74) is 0.206. The van der Waals surface area contributed by atoms with E-state index >= 15 is 0 Å². The molecule has 2 unspecified atom stereocenters. The number of esters is 1. The zero-order chi connectivity index (χ0) is 17.9. The second-order valence-electron chi connectivity index (χ2n) is 6.83. The molecule has 1 heterocycles. The van der Waals surface area contributed by atoms with Crippen LogP contribution >= 0.6 is 0 Å². The summed E-state index contributed by atoms with van der Waals surface area (Å²) in [5, 5.41) is 0. The largest absolute Gasteiger partial charge is 0.467 e. The number of imide groups is 1. The van der Waals surface area contributed by atoms with Crippen molar-refractivity contribution >= 4 is 18.0 Å². The third-order valence-corrected chi connectivity index (χ3v) is 3.84. The lowest BCUT2D eigenvalue weighted by molar-refractivity contribution is -0.155. The minimum Gasteiger partial charge on any atom is -0.467 e. The maximum absolute atomic E-state index is 12.6. The van der Waals surface area contributed by atoms with Crippen molar-refractivity contribution in [3.05, 3.63) is 35.9 Å². The maximum Gasteiger partial charge on any atom is 0.417 e. The van der Waals surface area contributed by atoms with E-state index in [9.17, 15) is 14.4 Å². The molecule has 0 bridgehead atoms. The van der Waals surface area contributed by atoms with Crippen molar-refractivity contribution in [3.63, 3.8) is 0 Å². The van der Waals surface area contributed by atoms with Crippen molar-refractivity contribution < 1.29 is 23.9 Å². The van der Waals surface area contributed by atoms with E-state index in [2.05, 4.69) is 0 Å². The molecule has 0 radical (unpaired) electrons. The molecular weight excluding hydrogens is 310 g/mol. The van der Waals surface area contributed by atoms with Crippen molar-refractivity contribution in [2.24, 2.45) is 0 Å². The molecule has 0 saturated carbocycles. The first-order valence-electron chi connectivity index (χ1n) is 7.90. The van der Waals surface area contributed by atoms with Crippen molar-refractivity contribution in [2.45, 2.75) is 51.2 Å². The number of nitrogens with zero attached hydrogens (tertiary/aromatic N) is 1. The summed E-state index contributed by atoms with van der Waals surface area (Å²) in [6, 6.07) is 8.50. The Labute approximate surface area is 141 Å². The van der Waals surface area contributed by atoms with Gasteiger partial charge >= 0.3 is 12.1 Å². The first-order valence-corrected chi connectivity index (χ1v) is 7.90. The number of carbonyl (C=O) groups excluding carboxylic acids is 3. The molecule has 1 aliphatic rings. The quantitative estimate of drug-likeness (QED) is 0.778. The molecule has 24 heavy (non-hydrogen) atoms. The molecule has 0 aliphatic carbocycles. The highest BCUT2D eigenvalue weighted by atomic mass is 16.6. The molecule has 1 aliphatic heterocycles. The first-order chi connectivity index (χ1) is 11.2. The molecule has 6 heteroatoms. The van der Waals surface area contributed by atoms with E-state index in [4.69, 9.17) is 9.47 Å². The van der Waals surface area contributed by atoms with Gasteiger partial charge in [0.2, 0.25) is 5.91 Å². The zero-order valence-corrected chi connectivity index (χ0v) is 14.4. The number of likely N-dealkylation sites (tertiary alicyclic amines) is 1. The van der Waals surface area contributed by atoms with E-state index in [1.54, 1.807) is 20.8 Å². The summed E-state index contributed by atoms with van der Waals surface area (Å²) in [6.07, 6.45) is -0.340. The standard InChI is InChI=1S/C18H23NO5/c1-18(2,3)24-17(22)19-14(16(21)23-4)10-13(11-15(19)20)12-8-6-5-7-9-12/h5-9,13-14H,10-11H2,1-4H3. The molecular formula is C18H23NO5. The summed E-state index contributed by atoms with van der Waals surface area (Å²) in [6.45, 7) is 5.12. The number of ether oxygens (including phenoxy) is 2. The normalized spacial score (nSPS) is 21.3. The maximum atomic E-state index is 12.6. The number of methoxy groups -OCH3 is 1. The smallest absolute Gasteiger partial charge is 0.417 e. The van der Waals surface area contributed by atoms with Crippen LogP contribution in [0.1, 0.15) is 45.1 Å². The second kappa shape index (κ2) is 7.03. The molecule has 1 saturated heterocycles. The topological polar surface area (TPSA) is 72.9 Å². The van der Waals surface area contributed by atoms with Crippen LogP contribution in [0.3, 0.4) is 0 Å². The van der Waals surface area contributed by atoms with Crippen molar-refractivity contribution in [2.75, 3.05) is 7.11 Å². The lowest BCUT2D eigenvalue weighted by Gasteiger charge is -2.37. The first kappa shape index (κ1) is 18.0. The van der Waals surface area contributed by atoms with Crippen LogP contribution in [0.2, 0.25) is 0 Å². The van der Waals surface area contributed by atoms with Crippen molar-refractivity contribution in [3.8, 4) is 0 Å². The van der Waals surface area contributed by atoms with Gasteiger partial charge in [0.05, 0.1) is 7.11 Å². The average molecular weight is 333 g/mol. The number of hydrogen-bond donors (Lipinski definition) is 0. The van der Waals surface area contributed by atoms with E-state index in [1.165, 1.54) is 7.11 Å². The van der Waals surface area contributed by atoms with Gasteiger partial charge in [-0.05, 0) is 38.7 Å². The Morgan fingerprint density at radius 1 is 1.17 bits per heavy atom. The Morgan fingerprint density at radius 3 is 2.33 bits per heavy atom. The second-order valence-corrected chi connectivity index (χ2v) is 6.83. The van der Waals surface area contributed by atoms with Crippen molar-refractivity contribution in [1.82, 2.24) is 4.90 Å². The van der Waals surface area contributed by atoms with Gasteiger partial charge in [0, 0.05) is 6.42 Å². The Hall–Kier alpha value is -2.37. The monoisotopic (exact) mass is 333 g/mol. The predicted octanol–water partition coefficient (Wildman–Crippen LogP) is 2.87. The zero-order valence-electron chi connectivity index (χ0n) is 14.4. The van der Waals surface area contributed by atoms with E-state index in [-0.39, 0.29) is 12.3 Å². The molecule has 0 aromatic heterocycles. The lowest BCUT2D eigenvalue weighted by atomic mass is 9.85. The van der Waals surface area contributed by atoms with Crippen LogP contribution in [-0.2, 0) is 19.1 Å². The lowest BCUT2D eigenvalue weighted by Crippen LogP contribution is -2.54. The number of hydrogen-bond acceptors (Lipinski definition) is 5. The number of piperidine rings is 1. The Bertz CT molecular complexity index is 620. The van der Waals surface area contributed by atoms with E-state index in [1.807, 2.05) is 30.3 Å². The van der Waals surface area contributed by atoms with E-state index in [0.29, 0.717) is 6.42 Å². The van der Waals surface area contributed by atoms with Crippen LogP contribution in [0, 0.1) is 0 Å². The Balaban J connectivity index is 2.27. The molecule has 2 rings (SSSR count). The molecule has 0 spiro atoms. The number of carbonyl (C=O) groups is 3. The van der Waals surface area contributed by atoms with E-state index < -0.39 is 29.6 Å². The van der Waals surface area contributed by atoms with Gasteiger partial charge in [-0.2, -0.15) is 0 Å². The highest BCUT2D eigenvalue weighted by Gasteiger charge is 2.44. The fourth-order valence-corrected chi connectivity index (χ4v) is 2.80. The Morgan fingerprint density at radius 2 is 1.79 bits per heavy atom. The molecule has 130 valence electrons. The van der Waals surface area contributed by atoms with Crippen LogP contribution in [-0.4, -0.2) is 41.6 Å². The van der Waals surface area contributed by atoms with Gasteiger partial charge in [-0.15, -0.1) is 0 Å². The average Bonchev–Trinajstić information content (AvgIpc) is 2.52. The van der Waals surface area contributed by atoms with Gasteiger partial charge in [-0.25, -0.2) is 14.5 Å². The van der Waals surface area contributed by atoms with Crippen LogP contribution < -0.4 is 0 Å². The Kier molecular flexibility index (Phi) is 5.26. The SMILES string of the molecule is COC(=O)C1CC(c2ccccc2)CC(=O)N1C(=O)OC(C)(C)C. The molecule has 0 N–H and O–H groups in total. The third-order valence-electron chi connectivity index (χ3n) is 3.84. The third kappa shape index (κ3) is 4.13. The number of benzene rings is 1. The summed E-state index contributed by atoms with van der Waals surface area (Å²) < 4.78 is 10.1. The summed E-state index contributed by atoms with van der Waals surface area (Å²) in [7, 11) is 1.24. The molecule has 1 aromatic carbocycles. The summed E-state index contributed by atoms with van der Waals surface area (Å²) in [4.78, 5) is 38.0. The molecule has 2 amide bonds.